The molecule has 0 fully saturated rings. The minimum absolute atomic E-state index is 0.172. The van der Waals surface area contributed by atoms with E-state index in [9.17, 15) is 4.79 Å². The van der Waals surface area contributed by atoms with Gasteiger partial charge in [0.15, 0.2) is 5.76 Å². The quantitative estimate of drug-likeness (QED) is 0.673. The molecule has 4 nitrogen and oxygen atoms in total. The number of aromatic nitrogens is 2. The topological polar surface area (TPSA) is 48.0 Å². The third-order valence-electron chi connectivity index (χ3n) is 2.84. The molecule has 2 heterocycles. The first-order chi connectivity index (χ1) is 9.25. The van der Waals surface area contributed by atoms with Crippen LogP contribution < -0.4 is 0 Å². The highest BCUT2D eigenvalue weighted by atomic mass is 16.3. The van der Waals surface area contributed by atoms with E-state index in [1.54, 1.807) is 29.1 Å². The highest BCUT2D eigenvalue weighted by molar-refractivity contribution is 6.06. The number of benzene rings is 1. The van der Waals surface area contributed by atoms with Crippen molar-refractivity contribution in [3.63, 3.8) is 0 Å². The van der Waals surface area contributed by atoms with Crippen LogP contribution in [0.25, 0.3) is 5.69 Å². The monoisotopic (exact) mass is 252 g/mol. The van der Waals surface area contributed by atoms with Gasteiger partial charge in [0.1, 0.15) is 11.5 Å². The Morgan fingerprint density at radius 2 is 1.89 bits per heavy atom. The van der Waals surface area contributed by atoms with Gasteiger partial charge in [0, 0.05) is 0 Å². The smallest absolute Gasteiger partial charge is 0.246 e. The zero-order valence-electron chi connectivity index (χ0n) is 10.4. The Kier molecular flexibility index (Phi) is 2.76. The van der Waals surface area contributed by atoms with E-state index in [0.29, 0.717) is 17.2 Å². The van der Waals surface area contributed by atoms with Gasteiger partial charge in [0.05, 0.1) is 11.9 Å². The molecule has 3 rings (SSSR count). The van der Waals surface area contributed by atoms with Crippen molar-refractivity contribution < 1.29 is 9.21 Å². The predicted octanol–water partition coefficient (Wildman–Crippen LogP) is 3.00. The molecule has 0 N–H and O–H groups in total. The summed E-state index contributed by atoms with van der Waals surface area (Å²) in [6.07, 6.45) is 1.61. The van der Waals surface area contributed by atoms with Crippen LogP contribution in [0.3, 0.4) is 0 Å². The third-order valence-corrected chi connectivity index (χ3v) is 2.84. The Hall–Kier alpha value is -2.62. The van der Waals surface area contributed by atoms with E-state index < -0.39 is 0 Å². The third kappa shape index (κ3) is 2.08. The van der Waals surface area contributed by atoms with Gasteiger partial charge in [-0.2, -0.15) is 5.10 Å². The minimum atomic E-state index is -0.172. The SMILES string of the molecule is Cc1ccc(C(=O)c2ccnn2-c2ccccc2)o1. The summed E-state index contributed by atoms with van der Waals surface area (Å²) in [7, 11) is 0. The van der Waals surface area contributed by atoms with Crippen molar-refractivity contribution in [3.8, 4) is 5.69 Å². The standard InChI is InChI=1S/C15H12N2O2/c1-11-7-8-14(19-11)15(18)13-9-10-16-17(13)12-5-3-2-4-6-12/h2-10H,1H3. The second-order valence-electron chi connectivity index (χ2n) is 4.20. The zero-order chi connectivity index (χ0) is 13.2. The van der Waals surface area contributed by atoms with Crippen LogP contribution in [0.15, 0.2) is 59.1 Å². The maximum absolute atomic E-state index is 12.4. The van der Waals surface area contributed by atoms with Crippen LogP contribution in [0.4, 0.5) is 0 Å². The van der Waals surface area contributed by atoms with Crippen molar-refractivity contribution >= 4 is 5.78 Å². The van der Waals surface area contributed by atoms with E-state index in [1.807, 2.05) is 37.3 Å². The molecule has 0 saturated carbocycles. The Bertz CT molecular complexity index is 711. The van der Waals surface area contributed by atoms with Crippen molar-refractivity contribution in [2.75, 3.05) is 0 Å². The highest BCUT2D eigenvalue weighted by Gasteiger charge is 2.18. The van der Waals surface area contributed by atoms with E-state index in [2.05, 4.69) is 5.10 Å². The van der Waals surface area contributed by atoms with Crippen molar-refractivity contribution in [3.05, 3.63) is 71.9 Å². The maximum atomic E-state index is 12.4. The zero-order valence-corrected chi connectivity index (χ0v) is 10.4. The second kappa shape index (κ2) is 4.57. The number of hydrogen-bond donors (Lipinski definition) is 0. The minimum Gasteiger partial charge on any atom is -0.458 e. The molecule has 4 heteroatoms. The summed E-state index contributed by atoms with van der Waals surface area (Å²) in [5, 5.41) is 4.19. The molecule has 0 amide bonds. The summed E-state index contributed by atoms with van der Waals surface area (Å²) >= 11 is 0. The first-order valence-corrected chi connectivity index (χ1v) is 5.96. The summed E-state index contributed by atoms with van der Waals surface area (Å²) in [5.41, 5.74) is 1.33. The predicted molar refractivity (Wildman–Crippen MR) is 70.4 cm³/mol. The summed E-state index contributed by atoms with van der Waals surface area (Å²) < 4.78 is 6.98. The molecule has 0 aliphatic heterocycles. The van der Waals surface area contributed by atoms with Crippen LogP contribution in [0, 0.1) is 6.92 Å². The average molecular weight is 252 g/mol. The van der Waals surface area contributed by atoms with Gasteiger partial charge in [0.2, 0.25) is 5.78 Å². The number of ketones is 1. The van der Waals surface area contributed by atoms with Crippen molar-refractivity contribution in [2.45, 2.75) is 6.92 Å². The lowest BCUT2D eigenvalue weighted by molar-refractivity contribution is 0.100. The van der Waals surface area contributed by atoms with E-state index in [4.69, 9.17) is 4.42 Å². The van der Waals surface area contributed by atoms with Gasteiger partial charge < -0.3 is 4.42 Å². The van der Waals surface area contributed by atoms with Crippen LogP contribution in [-0.4, -0.2) is 15.6 Å². The lowest BCUT2D eigenvalue weighted by atomic mass is 10.2. The summed E-state index contributed by atoms with van der Waals surface area (Å²) in [6, 6.07) is 14.7. The van der Waals surface area contributed by atoms with Crippen LogP contribution in [0.5, 0.6) is 0 Å². The van der Waals surface area contributed by atoms with E-state index in [0.717, 1.165) is 5.69 Å². The fourth-order valence-corrected chi connectivity index (χ4v) is 1.93. The number of furan rings is 1. The van der Waals surface area contributed by atoms with Crippen LogP contribution in [-0.2, 0) is 0 Å². The van der Waals surface area contributed by atoms with Gasteiger partial charge in [-0.3, -0.25) is 4.79 Å². The lowest BCUT2D eigenvalue weighted by Gasteiger charge is -2.05. The number of rotatable bonds is 3. The summed E-state index contributed by atoms with van der Waals surface area (Å²) in [4.78, 5) is 12.4. The van der Waals surface area contributed by atoms with Crippen molar-refractivity contribution in [1.82, 2.24) is 9.78 Å². The van der Waals surface area contributed by atoms with Crippen molar-refractivity contribution in [2.24, 2.45) is 0 Å². The molecule has 0 radical (unpaired) electrons. The largest absolute Gasteiger partial charge is 0.458 e. The molecule has 3 aromatic rings. The number of carbonyl (C=O) groups excluding carboxylic acids is 1. The Balaban J connectivity index is 2.03. The highest BCUT2D eigenvalue weighted by Crippen LogP contribution is 2.16. The fraction of sp³-hybridized carbons (Fsp3) is 0.0667. The van der Waals surface area contributed by atoms with E-state index in [-0.39, 0.29) is 5.78 Å². The van der Waals surface area contributed by atoms with Crippen LogP contribution in [0.2, 0.25) is 0 Å². The van der Waals surface area contributed by atoms with Crippen LogP contribution >= 0.6 is 0 Å². The summed E-state index contributed by atoms with van der Waals surface area (Å²) in [6.45, 7) is 1.81. The Labute approximate surface area is 110 Å². The number of hydrogen-bond acceptors (Lipinski definition) is 3. The molecule has 0 bridgehead atoms. The molecule has 0 saturated heterocycles. The fourth-order valence-electron chi connectivity index (χ4n) is 1.93. The van der Waals surface area contributed by atoms with Gasteiger partial charge >= 0.3 is 0 Å². The Morgan fingerprint density at radius 1 is 1.11 bits per heavy atom. The molecule has 0 atom stereocenters. The molecular weight excluding hydrogens is 240 g/mol. The molecule has 1 aromatic carbocycles. The first kappa shape index (κ1) is 11.5. The average Bonchev–Trinajstić information content (AvgIpc) is 3.07. The molecule has 0 aliphatic rings. The molecule has 0 aliphatic carbocycles. The van der Waals surface area contributed by atoms with Gasteiger partial charge in [-0.25, -0.2) is 4.68 Å². The number of nitrogens with zero attached hydrogens (tertiary/aromatic N) is 2. The molecule has 19 heavy (non-hydrogen) atoms. The normalized spacial score (nSPS) is 10.6. The number of carbonyl (C=O) groups is 1. The van der Waals surface area contributed by atoms with Crippen molar-refractivity contribution in [1.29, 1.82) is 0 Å². The summed E-state index contributed by atoms with van der Waals surface area (Å²) in [5.74, 6) is 0.874. The van der Waals surface area contributed by atoms with Gasteiger partial charge in [0.25, 0.3) is 0 Å². The molecule has 0 spiro atoms. The molecule has 0 unspecified atom stereocenters. The van der Waals surface area contributed by atoms with Crippen LogP contribution in [0.1, 0.15) is 22.0 Å². The second-order valence-corrected chi connectivity index (χ2v) is 4.20. The lowest BCUT2D eigenvalue weighted by Crippen LogP contribution is -2.09. The number of aryl methyl sites for hydroxylation is 1. The van der Waals surface area contributed by atoms with Gasteiger partial charge in [-0.05, 0) is 37.3 Å². The maximum Gasteiger partial charge on any atom is 0.246 e. The Morgan fingerprint density at radius 3 is 2.58 bits per heavy atom. The van der Waals surface area contributed by atoms with Gasteiger partial charge in [-0.1, -0.05) is 18.2 Å². The first-order valence-electron chi connectivity index (χ1n) is 5.96. The van der Waals surface area contributed by atoms with Gasteiger partial charge in [-0.15, -0.1) is 0 Å². The molecule has 94 valence electrons. The number of para-hydroxylation sites is 1. The van der Waals surface area contributed by atoms with E-state index in [1.165, 1.54) is 0 Å². The van der Waals surface area contributed by atoms with E-state index >= 15 is 0 Å². The molecular formula is C15H12N2O2. The molecule has 2 aromatic heterocycles.